The van der Waals surface area contributed by atoms with Crippen molar-refractivity contribution >= 4 is 23.2 Å². The highest BCUT2D eigenvalue weighted by Gasteiger charge is 2.14. The minimum absolute atomic E-state index is 0.170. The highest BCUT2D eigenvalue weighted by Crippen LogP contribution is 2.30. The third-order valence-corrected chi connectivity index (χ3v) is 3.80. The predicted molar refractivity (Wildman–Crippen MR) is 80.0 cm³/mol. The zero-order valence-corrected chi connectivity index (χ0v) is 12.4. The maximum Gasteiger partial charge on any atom is 0.165 e. The summed E-state index contributed by atoms with van der Waals surface area (Å²) >= 11 is 12.2. The fourth-order valence-corrected chi connectivity index (χ4v) is 2.52. The molecule has 0 aliphatic rings. The number of rotatable bonds is 4. The zero-order chi connectivity index (χ0) is 14.7. The van der Waals surface area contributed by atoms with Gasteiger partial charge in [-0.1, -0.05) is 35.3 Å². The molecule has 20 heavy (non-hydrogen) atoms. The van der Waals surface area contributed by atoms with Crippen molar-refractivity contribution in [2.75, 3.05) is 7.11 Å². The Morgan fingerprint density at radius 2 is 1.85 bits per heavy atom. The molecule has 2 aromatic rings. The van der Waals surface area contributed by atoms with Gasteiger partial charge >= 0.3 is 0 Å². The highest BCUT2D eigenvalue weighted by molar-refractivity contribution is 6.36. The van der Waals surface area contributed by atoms with Crippen molar-refractivity contribution in [1.82, 2.24) is 0 Å². The number of hydrogen-bond acceptors (Lipinski definition) is 2. The van der Waals surface area contributed by atoms with Gasteiger partial charge in [0.15, 0.2) is 11.6 Å². The smallest absolute Gasteiger partial charge is 0.165 e. The second-order valence-corrected chi connectivity index (χ2v) is 5.22. The van der Waals surface area contributed by atoms with Crippen LogP contribution in [0.5, 0.6) is 5.75 Å². The number of nitrogens with two attached hydrogens (primary N) is 1. The van der Waals surface area contributed by atoms with Gasteiger partial charge in [-0.25, -0.2) is 4.39 Å². The average Bonchev–Trinajstić information content (AvgIpc) is 2.43. The Hall–Kier alpha value is -1.29. The molecule has 0 aliphatic carbocycles. The first-order valence-corrected chi connectivity index (χ1v) is 6.80. The van der Waals surface area contributed by atoms with Gasteiger partial charge in [0.05, 0.1) is 7.11 Å². The Bertz CT molecular complexity index is 599. The van der Waals surface area contributed by atoms with Crippen LogP contribution >= 0.6 is 23.2 Å². The number of ether oxygens (including phenoxy) is 1. The molecule has 0 saturated carbocycles. The highest BCUT2D eigenvalue weighted by atomic mass is 35.5. The van der Waals surface area contributed by atoms with Gasteiger partial charge in [-0.2, -0.15) is 0 Å². The quantitative estimate of drug-likeness (QED) is 0.909. The molecule has 0 bridgehead atoms. The predicted octanol–water partition coefficient (Wildman–Crippen LogP) is 4.38. The monoisotopic (exact) mass is 313 g/mol. The Morgan fingerprint density at radius 3 is 2.45 bits per heavy atom. The van der Waals surface area contributed by atoms with Crippen LogP contribution in [0.25, 0.3) is 0 Å². The minimum Gasteiger partial charge on any atom is -0.494 e. The molecule has 0 aliphatic heterocycles. The second-order valence-electron chi connectivity index (χ2n) is 4.40. The molecule has 1 unspecified atom stereocenters. The van der Waals surface area contributed by atoms with Crippen molar-refractivity contribution < 1.29 is 9.13 Å². The van der Waals surface area contributed by atoms with E-state index in [4.69, 9.17) is 33.7 Å². The van der Waals surface area contributed by atoms with Crippen molar-refractivity contribution in [1.29, 1.82) is 0 Å². The summed E-state index contributed by atoms with van der Waals surface area (Å²) in [7, 11) is 1.42. The van der Waals surface area contributed by atoms with Crippen LogP contribution in [-0.4, -0.2) is 7.11 Å². The lowest BCUT2D eigenvalue weighted by molar-refractivity contribution is 0.385. The summed E-state index contributed by atoms with van der Waals surface area (Å²) in [6, 6.07) is 9.52. The van der Waals surface area contributed by atoms with E-state index >= 15 is 0 Å². The van der Waals surface area contributed by atoms with E-state index in [-0.39, 0.29) is 11.8 Å². The van der Waals surface area contributed by atoms with E-state index in [0.717, 1.165) is 11.1 Å². The average molecular weight is 314 g/mol. The molecule has 5 heteroatoms. The molecule has 2 nitrogen and oxygen atoms in total. The van der Waals surface area contributed by atoms with Gasteiger partial charge < -0.3 is 10.5 Å². The van der Waals surface area contributed by atoms with E-state index in [1.54, 1.807) is 30.3 Å². The van der Waals surface area contributed by atoms with Gasteiger partial charge in [0.1, 0.15) is 0 Å². The Kier molecular flexibility index (Phi) is 4.86. The van der Waals surface area contributed by atoms with Gasteiger partial charge in [0.2, 0.25) is 0 Å². The molecule has 0 heterocycles. The van der Waals surface area contributed by atoms with E-state index in [1.807, 2.05) is 0 Å². The van der Waals surface area contributed by atoms with Crippen LogP contribution in [0.1, 0.15) is 17.2 Å². The Labute approximate surface area is 127 Å². The van der Waals surface area contributed by atoms with Crippen molar-refractivity contribution in [3.05, 3.63) is 63.4 Å². The zero-order valence-electron chi connectivity index (χ0n) is 10.9. The molecule has 106 valence electrons. The minimum atomic E-state index is -0.417. The second kappa shape index (κ2) is 6.44. The maximum absolute atomic E-state index is 13.4. The molecule has 1 atom stereocenters. The summed E-state index contributed by atoms with van der Waals surface area (Å²) in [6.45, 7) is 0. The van der Waals surface area contributed by atoms with Crippen molar-refractivity contribution in [3.8, 4) is 5.75 Å². The van der Waals surface area contributed by atoms with Gasteiger partial charge in [0.25, 0.3) is 0 Å². The van der Waals surface area contributed by atoms with Crippen LogP contribution in [0.2, 0.25) is 10.0 Å². The topological polar surface area (TPSA) is 35.2 Å². The van der Waals surface area contributed by atoms with E-state index in [9.17, 15) is 4.39 Å². The van der Waals surface area contributed by atoms with Gasteiger partial charge in [0, 0.05) is 16.1 Å². The molecule has 0 spiro atoms. The van der Waals surface area contributed by atoms with Crippen LogP contribution in [-0.2, 0) is 6.42 Å². The molecule has 2 N–H and O–H groups in total. The first-order chi connectivity index (χ1) is 9.52. The summed E-state index contributed by atoms with van der Waals surface area (Å²) in [4.78, 5) is 0. The van der Waals surface area contributed by atoms with E-state index in [2.05, 4.69) is 0 Å². The molecule has 2 aromatic carbocycles. The molecule has 0 saturated heterocycles. The van der Waals surface area contributed by atoms with E-state index in [1.165, 1.54) is 13.2 Å². The first kappa shape index (κ1) is 15.1. The number of hydrogen-bond donors (Lipinski definition) is 1. The lowest BCUT2D eigenvalue weighted by atomic mass is 9.99. The van der Waals surface area contributed by atoms with Crippen LogP contribution in [0.3, 0.4) is 0 Å². The maximum atomic E-state index is 13.4. The summed E-state index contributed by atoms with van der Waals surface area (Å²) in [5.41, 5.74) is 7.69. The van der Waals surface area contributed by atoms with E-state index < -0.39 is 5.82 Å². The summed E-state index contributed by atoms with van der Waals surface area (Å²) in [5.74, 6) is -0.248. The Morgan fingerprint density at radius 1 is 1.20 bits per heavy atom. The molecular weight excluding hydrogens is 300 g/mol. The lowest BCUT2D eigenvalue weighted by Gasteiger charge is -2.15. The molecule has 0 aromatic heterocycles. The molecule has 0 amide bonds. The van der Waals surface area contributed by atoms with Crippen LogP contribution in [0.15, 0.2) is 36.4 Å². The van der Waals surface area contributed by atoms with Crippen LogP contribution in [0.4, 0.5) is 4.39 Å². The Balaban J connectivity index is 2.26. The molecular formula is C15H14Cl2FNO. The largest absolute Gasteiger partial charge is 0.494 e. The molecule has 2 rings (SSSR count). The number of halogens is 3. The van der Waals surface area contributed by atoms with E-state index in [0.29, 0.717) is 16.5 Å². The molecule has 0 radical (unpaired) electrons. The first-order valence-electron chi connectivity index (χ1n) is 6.05. The molecule has 0 fully saturated rings. The van der Waals surface area contributed by atoms with Gasteiger partial charge in [-0.3, -0.25) is 0 Å². The SMILES string of the molecule is COc1cc(C(N)Cc2c(Cl)cccc2Cl)ccc1F. The number of benzene rings is 2. The lowest BCUT2D eigenvalue weighted by Crippen LogP contribution is -2.14. The standard InChI is InChI=1S/C15H14Cl2FNO/c1-20-15-7-9(5-6-13(15)18)14(19)8-10-11(16)3-2-4-12(10)17/h2-7,14H,8,19H2,1H3. The third-order valence-electron chi connectivity index (χ3n) is 3.09. The fraction of sp³-hybridized carbons (Fsp3) is 0.200. The van der Waals surface area contributed by atoms with Crippen LogP contribution in [0, 0.1) is 5.82 Å². The third kappa shape index (κ3) is 3.23. The number of methoxy groups -OCH3 is 1. The van der Waals surface area contributed by atoms with Crippen LogP contribution < -0.4 is 10.5 Å². The van der Waals surface area contributed by atoms with Gasteiger partial charge in [-0.05, 0) is 41.8 Å². The van der Waals surface area contributed by atoms with Crippen molar-refractivity contribution in [3.63, 3.8) is 0 Å². The summed E-state index contributed by atoms with van der Waals surface area (Å²) in [6.07, 6.45) is 0.466. The van der Waals surface area contributed by atoms with Crippen molar-refractivity contribution in [2.24, 2.45) is 5.73 Å². The fourth-order valence-electron chi connectivity index (χ4n) is 1.97. The summed E-state index contributed by atoms with van der Waals surface area (Å²) in [5, 5.41) is 1.14. The van der Waals surface area contributed by atoms with Gasteiger partial charge in [-0.15, -0.1) is 0 Å². The summed E-state index contributed by atoms with van der Waals surface area (Å²) < 4.78 is 18.3. The normalized spacial score (nSPS) is 12.2. The van der Waals surface area contributed by atoms with Crippen molar-refractivity contribution in [2.45, 2.75) is 12.5 Å².